The van der Waals surface area contributed by atoms with Crippen LogP contribution in [0.5, 0.6) is 0 Å². The van der Waals surface area contributed by atoms with Gasteiger partial charge in [0, 0.05) is 4.47 Å². The van der Waals surface area contributed by atoms with Gasteiger partial charge in [-0.25, -0.2) is 0 Å². The summed E-state index contributed by atoms with van der Waals surface area (Å²) in [5, 5.41) is 2.54. The molecule has 0 aliphatic carbocycles. The van der Waals surface area contributed by atoms with Crippen LogP contribution in [-0.4, -0.2) is 24.9 Å². The predicted octanol–water partition coefficient (Wildman–Crippen LogP) is 1.53. The summed E-state index contributed by atoms with van der Waals surface area (Å²) in [5.74, 6) is -0.190. The molecule has 5 heteroatoms. The van der Waals surface area contributed by atoms with Crippen LogP contribution < -0.4 is 10.2 Å². The molecule has 17 heavy (non-hydrogen) atoms. The third-order valence-electron chi connectivity index (χ3n) is 2.77. The fraction of sp³-hybridized carbons (Fsp3) is 0.333. The summed E-state index contributed by atoms with van der Waals surface area (Å²) < 4.78 is 0.977. The van der Waals surface area contributed by atoms with E-state index in [-0.39, 0.29) is 24.9 Å². The molecule has 1 fully saturated rings. The van der Waals surface area contributed by atoms with Gasteiger partial charge in [-0.1, -0.05) is 15.9 Å². The molecule has 90 valence electrons. The number of anilines is 1. The van der Waals surface area contributed by atoms with E-state index < -0.39 is 0 Å². The summed E-state index contributed by atoms with van der Waals surface area (Å²) in [6.07, 6.45) is 0. The summed E-state index contributed by atoms with van der Waals surface area (Å²) in [5.41, 5.74) is 2.81. The van der Waals surface area contributed by atoms with Crippen LogP contribution >= 0.6 is 15.9 Å². The van der Waals surface area contributed by atoms with Crippen LogP contribution in [-0.2, 0) is 9.59 Å². The standard InChI is InChI=1S/C12H13BrN2O2/c1-7-3-9(13)4-8(2)12(7)15-6-10(16)14-5-11(15)17/h3-4H,5-6H2,1-2H3,(H,14,16). The number of amides is 2. The van der Waals surface area contributed by atoms with E-state index in [1.807, 2.05) is 26.0 Å². The molecule has 1 aromatic rings. The molecule has 0 atom stereocenters. The molecule has 1 aliphatic rings. The van der Waals surface area contributed by atoms with Crippen LogP contribution in [0.4, 0.5) is 5.69 Å². The lowest BCUT2D eigenvalue weighted by Gasteiger charge is -2.29. The van der Waals surface area contributed by atoms with Gasteiger partial charge >= 0.3 is 0 Å². The van der Waals surface area contributed by atoms with Crippen LogP contribution in [0.25, 0.3) is 0 Å². The van der Waals surface area contributed by atoms with Crippen LogP contribution in [0.3, 0.4) is 0 Å². The highest BCUT2D eigenvalue weighted by Gasteiger charge is 2.26. The summed E-state index contributed by atoms with van der Waals surface area (Å²) in [6.45, 7) is 4.05. The van der Waals surface area contributed by atoms with E-state index in [2.05, 4.69) is 21.2 Å². The number of nitrogens with zero attached hydrogens (tertiary/aromatic N) is 1. The number of benzene rings is 1. The zero-order valence-corrected chi connectivity index (χ0v) is 11.3. The quantitative estimate of drug-likeness (QED) is 0.854. The number of halogens is 1. The Morgan fingerprint density at radius 3 is 2.41 bits per heavy atom. The predicted molar refractivity (Wildman–Crippen MR) is 69.0 cm³/mol. The summed E-state index contributed by atoms with van der Waals surface area (Å²) in [4.78, 5) is 24.7. The van der Waals surface area contributed by atoms with Gasteiger partial charge in [0.15, 0.2) is 0 Å². The van der Waals surface area contributed by atoms with Crippen molar-refractivity contribution in [1.82, 2.24) is 5.32 Å². The molecular formula is C12H13BrN2O2. The zero-order valence-electron chi connectivity index (χ0n) is 9.71. The molecule has 0 bridgehead atoms. The van der Waals surface area contributed by atoms with E-state index in [0.29, 0.717) is 0 Å². The van der Waals surface area contributed by atoms with Crippen LogP contribution in [0.2, 0.25) is 0 Å². The van der Waals surface area contributed by atoms with Crippen molar-refractivity contribution in [1.29, 1.82) is 0 Å². The van der Waals surface area contributed by atoms with Crippen molar-refractivity contribution in [3.8, 4) is 0 Å². The van der Waals surface area contributed by atoms with E-state index in [4.69, 9.17) is 0 Å². The lowest BCUT2D eigenvalue weighted by Crippen LogP contribution is -2.52. The van der Waals surface area contributed by atoms with Gasteiger partial charge in [0.1, 0.15) is 6.54 Å². The van der Waals surface area contributed by atoms with E-state index in [0.717, 1.165) is 21.3 Å². The van der Waals surface area contributed by atoms with E-state index in [9.17, 15) is 9.59 Å². The molecular weight excluding hydrogens is 284 g/mol. The van der Waals surface area contributed by atoms with E-state index >= 15 is 0 Å². The third kappa shape index (κ3) is 2.34. The van der Waals surface area contributed by atoms with Gasteiger partial charge in [-0.3, -0.25) is 9.59 Å². The molecule has 1 heterocycles. The molecule has 0 saturated carbocycles. The van der Waals surface area contributed by atoms with Gasteiger partial charge in [-0.15, -0.1) is 0 Å². The fourth-order valence-electron chi connectivity index (χ4n) is 2.09. The Morgan fingerprint density at radius 1 is 1.24 bits per heavy atom. The lowest BCUT2D eigenvalue weighted by molar-refractivity contribution is -0.128. The zero-order chi connectivity index (χ0) is 12.6. The maximum Gasteiger partial charge on any atom is 0.246 e. The molecule has 1 aliphatic heterocycles. The number of carbonyl (C=O) groups is 2. The first kappa shape index (κ1) is 12.1. The van der Waals surface area contributed by atoms with Gasteiger partial charge in [-0.2, -0.15) is 0 Å². The molecule has 2 rings (SSSR count). The van der Waals surface area contributed by atoms with Crippen LogP contribution in [0.1, 0.15) is 11.1 Å². The van der Waals surface area contributed by atoms with Gasteiger partial charge in [0.2, 0.25) is 11.8 Å². The summed E-state index contributed by atoms with van der Waals surface area (Å²) in [7, 11) is 0. The molecule has 0 unspecified atom stereocenters. The molecule has 0 aromatic heterocycles. The molecule has 1 N–H and O–H groups in total. The molecule has 0 radical (unpaired) electrons. The second-order valence-corrected chi connectivity index (χ2v) is 5.06. The summed E-state index contributed by atoms with van der Waals surface area (Å²) in [6, 6.07) is 3.89. The van der Waals surface area contributed by atoms with Crippen LogP contribution in [0.15, 0.2) is 16.6 Å². The monoisotopic (exact) mass is 296 g/mol. The first-order valence-electron chi connectivity index (χ1n) is 5.33. The average molecular weight is 297 g/mol. The van der Waals surface area contributed by atoms with Crippen molar-refractivity contribution in [2.24, 2.45) is 0 Å². The van der Waals surface area contributed by atoms with Gasteiger partial charge in [-0.05, 0) is 37.1 Å². The number of carbonyl (C=O) groups excluding carboxylic acids is 2. The van der Waals surface area contributed by atoms with E-state index in [1.165, 1.54) is 0 Å². The van der Waals surface area contributed by atoms with Crippen molar-refractivity contribution in [2.75, 3.05) is 18.0 Å². The number of hydrogen-bond donors (Lipinski definition) is 1. The van der Waals surface area contributed by atoms with Crippen molar-refractivity contribution in [2.45, 2.75) is 13.8 Å². The number of nitrogens with one attached hydrogen (secondary N) is 1. The smallest absolute Gasteiger partial charge is 0.246 e. The minimum Gasteiger partial charge on any atom is -0.345 e. The summed E-state index contributed by atoms with van der Waals surface area (Å²) >= 11 is 3.42. The topological polar surface area (TPSA) is 49.4 Å². The van der Waals surface area contributed by atoms with Crippen molar-refractivity contribution < 1.29 is 9.59 Å². The Bertz CT molecular complexity index is 476. The molecule has 1 saturated heterocycles. The highest BCUT2D eigenvalue weighted by molar-refractivity contribution is 9.10. The number of hydrogen-bond acceptors (Lipinski definition) is 2. The lowest BCUT2D eigenvalue weighted by atomic mass is 10.1. The second-order valence-electron chi connectivity index (χ2n) is 4.14. The first-order valence-corrected chi connectivity index (χ1v) is 6.12. The molecule has 4 nitrogen and oxygen atoms in total. The highest BCUT2D eigenvalue weighted by Crippen LogP contribution is 2.29. The van der Waals surface area contributed by atoms with Gasteiger partial charge in [0.25, 0.3) is 0 Å². The molecule has 0 spiro atoms. The van der Waals surface area contributed by atoms with E-state index in [1.54, 1.807) is 4.90 Å². The largest absolute Gasteiger partial charge is 0.345 e. The minimum atomic E-state index is -0.119. The van der Waals surface area contributed by atoms with Crippen molar-refractivity contribution in [3.63, 3.8) is 0 Å². The van der Waals surface area contributed by atoms with Gasteiger partial charge in [0.05, 0.1) is 12.2 Å². The number of piperazine rings is 1. The third-order valence-corrected chi connectivity index (χ3v) is 3.22. The maximum absolute atomic E-state index is 11.8. The fourth-order valence-corrected chi connectivity index (χ4v) is 2.78. The maximum atomic E-state index is 11.8. The Morgan fingerprint density at radius 2 is 1.82 bits per heavy atom. The first-order chi connectivity index (χ1) is 7.99. The Kier molecular flexibility index (Phi) is 3.19. The Hall–Kier alpha value is -1.36. The highest BCUT2D eigenvalue weighted by atomic mass is 79.9. The number of rotatable bonds is 1. The molecule has 1 aromatic carbocycles. The van der Waals surface area contributed by atoms with Crippen LogP contribution in [0, 0.1) is 13.8 Å². The average Bonchev–Trinajstić information content (AvgIpc) is 2.21. The Labute approximate surface area is 108 Å². The SMILES string of the molecule is Cc1cc(Br)cc(C)c1N1CC(=O)NCC1=O. The second kappa shape index (κ2) is 4.49. The number of aryl methyl sites for hydroxylation is 2. The van der Waals surface area contributed by atoms with Crippen molar-refractivity contribution in [3.05, 3.63) is 27.7 Å². The minimum absolute atomic E-state index is 0.0712. The Balaban J connectivity index is 2.45. The van der Waals surface area contributed by atoms with Gasteiger partial charge < -0.3 is 10.2 Å². The normalized spacial score (nSPS) is 16.1. The molecule has 2 amide bonds. The van der Waals surface area contributed by atoms with Crippen molar-refractivity contribution >= 4 is 33.4 Å².